The number of aryl methyl sites for hydroxylation is 2. The minimum absolute atomic E-state index is 0.0985. The van der Waals surface area contributed by atoms with E-state index in [0.29, 0.717) is 5.92 Å². The maximum Gasteiger partial charge on any atom is 0.255 e. The first kappa shape index (κ1) is 16.9. The number of carbonyl (C=O) groups excluding carboxylic acids is 1. The maximum absolute atomic E-state index is 12.9. The number of hydrogen-bond acceptors (Lipinski definition) is 3. The molecule has 2 heterocycles. The van der Waals surface area contributed by atoms with Gasteiger partial charge >= 0.3 is 0 Å². The fraction of sp³-hybridized carbons (Fsp3) is 0.500. The molecule has 24 heavy (non-hydrogen) atoms. The molecule has 0 spiro atoms. The van der Waals surface area contributed by atoms with Crippen LogP contribution in [0.1, 0.15) is 41.4 Å². The van der Waals surface area contributed by atoms with Crippen molar-refractivity contribution in [2.24, 2.45) is 5.92 Å². The van der Waals surface area contributed by atoms with E-state index in [4.69, 9.17) is 4.74 Å². The molecule has 1 fully saturated rings. The number of carbonyl (C=O) groups is 1. The molecular weight excluding hydrogens is 300 g/mol. The van der Waals surface area contributed by atoms with E-state index in [1.54, 1.807) is 0 Å². The third-order valence-corrected chi connectivity index (χ3v) is 4.67. The van der Waals surface area contributed by atoms with Crippen LogP contribution < -0.4 is 0 Å². The van der Waals surface area contributed by atoms with Gasteiger partial charge in [0.2, 0.25) is 0 Å². The SMILES string of the molecule is CCCOC[C@@H]1CCN(C(=O)c2cc3cc(C)ccc3nc2C)C1. The maximum atomic E-state index is 12.9. The molecular formula is C20H26N2O2. The Bertz CT molecular complexity index is 742. The average molecular weight is 326 g/mol. The van der Waals surface area contributed by atoms with Gasteiger partial charge in [-0.1, -0.05) is 18.6 Å². The second-order valence-corrected chi connectivity index (χ2v) is 6.80. The first-order chi connectivity index (χ1) is 11.6. The molecule has 4 nitrogen and oxygen atoms in total. The van der Waals surface area contributed by atoms with Crippen molar-refractivity contribution in [2.75, 3.05) is 26.3 Å². The van der Waals surface area contributed by atoms with Crippen LogP contribution in [0.5, 0.6) is 0 Å². The number of aromatic nitrogens is 1. The molecule has 128 valence electrons. The monoisotopic (exact) mass is 326 g/mol. The second-order valence-electron chi connectivity index (χ2n) is 6.80. The number of likely N-dealkylation sites (tertiary alicyclic amines) is 1. The lowest BCUT2D eigenvalue weighted by atomic mass is 10.1. The number of rotatable bonds is 5. The van der Waals surface area contributed by atoms with E-state index in [0.717, 1.165) is 61.3 Å². The molecule has 0 N–H and O–H groups in total. The van der Waals surface area contributed by atoms with Crippen molar-refractivity contribution in [3.05, 3.63) is 41.1 Å². The van der Waals surface area contributed by atoms with E-state index >= 15 is 0 Å². The topological polar surface area (TPSA) is 42.4 Å². The van der Waals surface area contributed by atoms with Gasteiger partial charge in [-0.15, -0.1) is 0 Å². The highest BCUT2D eigenvalue weighted by Crippen LogP contribution is 2.23. The summed E-state index contributed by atoms with van der Waals surface area (Å²) in [5.74, 6) is 0.554. The lowest BCUT2D eigenvalue weighted by Crippen LogP contribution is -2.30. The summed E-state index contributed by atoms with van der Waals surface area (Å²) in [4.78, 5) is 19.5. The van der Waals surface area contributed by atoms with Crippen molar-refractivity contribution in [1.82, 2.24) is 9.88 Å². The zero-order chi connectivity index (χ0) is 17.1. The molecule has 3 rings (SSSR count). The van der Waals surface area contributed by atoms with Gasteiger partial charge in [-0.2, -0.15) is 0 Å². The van der Waals surface area contributed by atoms with Crippen molar-refractivity contribution < 1.29 is 9.53 Å². The lowest BCUT2D eigenvalue weighted by molar-refractivity contribution is 0.0753. The van der Waals surface area contributed by atoms with Gasteiger partial charge in [0, 0.05) is 31.0 Å². The van der Waals surface area contributed by atoms with Crippen LogP contribution in [0.2, 0.25) is 0 Å². The molecule has 1 aromatic heterocycles. The van der Waals surface area contributed by atoms with E-state index < -0.39 is 0 Å². The predicted molar refractivity (Wildman–Crippen MR) is 96.3 cm³/mol. The van der Waals surface area contributed by atoms with Crippen LogP contribution >= 0.6 is 0 Å². The molecule has 2 aromatic rings. The first-order valence-electron chi connectivity index (χ1n) is 8.83. The number of nitrogens with zero attached hydrogens (tertiary/aromatic N) is 2. The number of ether oxygens (including phenoxy) is 1. The van der Waals surface area contributed by atoms with Crippen molar-refractivity contribution in [1.29, 1.82) is 0 Å². The molecule has 1 saturated heterocycles. The summed E-state index contributed by atoms with van der Waals surface area (Å²) in [6.07, 6.45) is 2.06. The largest absolute Gasteiger partial charge is 0.381 e. The van der Waals surface area contributed by atoms with Gasteiger partial charge in [0.25, 0.3) is 5.91 Å². The fourth-order valence-electron chi connectivity index (χ4n) is 3.33. The number of pyridine rings is 1. The van der Waals surface area contributed by atoms with Gasteiger partial charge < -0.3 is 9.64 Å². The van der Waals surface area contributed by atoms with Gasteiger partial charge in [-0.05, 0) is 44.9 Å². The molecule has 1 amide bonds. The molecule has 0 unspecified atom stereocenters. The molecule has 0 saturated carbocycles. The van der Waals surface area contributed by atoms with E-state index in [1.807, 2.05) is 24.0 Å². The number of benzene rings is 1. The van der Waals surface area contributed by atoms with Crippen LogP contribution in [0, 0.1) is 19.8 Å². The standard InChI is InChI=1S/C20H26N2O2/c1-4-9-24-13-16-7-8-22(12-16)20(23)18-11-17-10-14(2)5-6-19(17)21-15(18)3/h5-6,10-11,16H,4,7-9,12-13H2,1-3H3/t16-/m1/s1. The lowest BCUT2D eigenvalue weighted by Gasteiger charge is -2.18. The van der Waals surface area contributed by atoms with Gasteiger partial charge in [-0.25, -0.2) is 0 Å². The second kappa shape index (κ2) is 7.31. The molecule has 0 radical (unpaired) electrons. The number of hydrogen-bond donors (Lipinski definition) is 0. The fourth-order valence-corrected chi connectivity index (χ4v) is 3.33. The Labute approximate surface area is 143 Å². The Hall–Kier alpha value is -1.94. The van der Waals surface area contributed by atoms with Gasteiger partial charge in [0.05, 0.1) is 23.4 Å². The summed E-state index contributed by atoms with van der Waals surface area (Å²) >= 11 is 0. The quantitative estimate of drug-likeness (QED) is 0.786. The Morgan fingerprint density at radius 1 is 1.33 bits per heavy atom. The van der Waals surface area contributed by atoms with Crippen LogP contribution in [-0.4, -0.2) is 42.1 Å². The van der Waals surface area contributed by atoms with Gasteiger partial charge in [0.1, 0.15) is 0 Å². The third kappa shape index (κ3) is 3.59. The molecule has 1 atom stereocenters. The Morgan fingerprint density at radius 2 is 2.17 bits per heavy atom. The highest BCUT2D eigenvalue weighted by atomic mass is 16.5. The first-order valence-corrected chi connectivity index (χ1v) is 8.83. The Balaban J connectivity index is 1.75. The van der Waals surface area contributed by atoms with E-state index in [-0.39, 0.29) is 5.91 Å². The molecule has 0 aliphatic carbocycles. The van der Waals surface area contributed by atoms with Gasteiger partial charge in [-0.3, -0.25) is 9.78 Å². The normalized spacial score (nSPS) is 17.6. The summed E-state index contributed by atoms with van der Waals surface area (Å²) in [6.45, 7) is 9.25. The zero-order valence-corrected chi connectivity index (χ0v) is 14.8. The van der Waals surface area contributed by atoms with E-state index in [2.05, 4.69) is 31.0 Å². The minimum atomic E-state index is 0.0985. The van der Waals surface area contributed by atoms with E-state index in [9.17, 15) is 4.79 Å². The van der Waals surface area contributed by atoms with Crippen molar-refractivity contribution in [2.45, 2.75) is 33.6 Å². The molecule has 0 bridgehead atoms. The summed E-state index contributed by atoms with van der Waals surface area (Å²) in [5.41, 5.74) is 3.66. The number of amides is 1. The Kier molecular flexibility index (Phi) is 5.14. The molecule has 1 aliphatic rings. The summed E-state index contributed by atoms with van der Waals surface area (Å²) in [6, 6.07) is 8.15. The molecule has 1 aliphatic heterocycles. The van der Waals surface area contributed by atoms with Crippen molar-refractivity contribution >= 4 is 16.8 Å². The van der Waals surface area contributed by atoms with Crippen LogP contribution in [0.3, 0.4) is 0 Å². The van der Waals surface area contributed by atoms with Crippen LogP contribution in [0.15, 0.2) is 24.3 Å². The van der Waals surface area contributed by atoms with Gasteiger partial charge in [0.15, 0.2) is 0 Å². The predicted octanol–water partition coefficient (Wildman–Crippen LogP) is 3.74. The average Bonchev–Trinajstić information content (AvgIpc) is 3.03. The zero-order valence-electron chi connectivity index (χ0n) is 14.8. The van der Waals surface area contributed by atoms with E-state index in [1.165, 1.54) is 5.56 Å². The third-order valence-electron chi connectivity index (χ3n) is 4.67. The van der Waals surface area contributed by atoms with Crippen LogP contribution in [0.25, 0.3) is 10.9 Å². The highest BCUT2D eigenvalue weighted by molar-refractivity contribution is 5.98. The number of fused-ring (bicyclic) bond motifs is 1. The Morgan fingerprint density at radius 3 is 2.96 bits per heavy atom. The van der Waals surface area contributed by atoms with Crippen molar-refractivity contribution in [3.8, 4) is 0 Å². The summed E-state index contributed by atoms with van der Waals surface area (Å²) in [5, 5.41) is 1.03. The molecule has 1 aromatic carbocycles. The summed E-state index contributed by atoms with van der Waals surface area (Å²) in [7, 11) is 0. The smallest absolute Gasteiger partial charge is 0.255 e. The minimum Gasteiger partial charge on any atom is -0.381 e. The van der Waals surface area contributed by atoms with Crippen LogP contribution in [0.4, 0.5) is 0 Å². The summed E-state index contributed by atoms with van der Waals surface area (Å²) < 4.78 is 5.64. The highest BCUT2D eigenvalue weighted by Gasteiger charge is 2.28. The molecule has 4 heteroatoms. The van der Waals surface area contributed by atoms with Crippen LogP contribution in [-0.2, 0) is 4.74 Å². The van der Waals surface area contributed by atoms with Crippen molar-refractivity contribution in [3.63, 3.8) is 0 Å².